The molecule has 0 fully saturated rings. The van der Waals surface area contributed by atoms with Crippen LogP contribution in [0.2, 0.25) is 0 Å². The van der Waals surface area contributed by atoms with Crippen LogP contribution in [0.5, 0.6) is 0 Å². The lowest BCUT2D eigenvalue weighted by Gasteiger charge is -1.89. The molecule has 0 saturated heterocycles. The molecule has 0 radical (unpaired) electrons. The number of aromatic nitrogens is 4. The van der Waals surface area contributed by atoms with Crippen LogP contribution in [-0.2, 0) is 4.79 Å². The van der Waals surface area contributed by atoms with E-state index in [1.54, 1.807) is 6.20 Å². The lowest BCUT2D eigenvalue weighted by Crippen LogP contribution is -1.90. The van der Waals surface area contributed by atoms with Crippen molar-refractivity contribution in [2.24, 2.45) is 0 Å². The first-order valence-corrected chi connectivity index (χ1v) is 3.70. The maximum Gasteiger partial charge on any atom is 0.300 e. The Balaban J connectivity index is 0.000000213. The van der Waals surface area contributed by atoms with E-state index in [1.165, 1.54) is 6.33 Å². The Labute approximate surface area is 79.0 Å². The first-order valence-electron chi connectivity index (χ1n) is 3.70. The van der Waals surface area contributed by atoms with Crippen molar-refractivity contribution in [1.29, 1.82) is 0 Å². The molecule has 74 valence electrons. The van der Waals surface area contributed by atoms with E-state index in [2.05, 4.69) is 20.2 Å². The van der Waals surface area contributed by atoms with Crippen molar-refractivity contribution >= 4 is 22.8 Å². The highest BCUT2D eigenvalue weighted by Gasteiger charge is 1.98. The number of hydrogen-bond acceptors (Lipinski definition) is 5. The van der Waals surface area contributed by atoms with Gasteiger partial charge in [-0.05, 0) is 0 Å². The van der Waals surface area contributed by atoms with Crippen molar-refractivity contribution in [1.82, 2.24) is 20.2 Å². The summed E-state index contributed by atoms with van der Waals surface area (Å²) in [6, 6.07) is 0. The molecule has 0 aliphatic rings. The van der Waals surface area contributed by atoms with Crippen LogP contribution in [0.15, 0.2) is 12.5 Å². The number of aromatic amines is 1. The summed E-state index contributed by atoms with van der Waals surface area (Å²) in [5, 5.41) is 14.6. The van der Waals surface area contributed by atoms with Crippen LogP contribution >= 0.6 is 0 Å². The van der Waals surface area contributed by atoms with Gasteiger partial charge in [0.2, 0.25) is 0 Å². The minimum absolute atomic E-state index is 0.457. The van der Waals surface area contributed by atoms with Gasteiger partial charge in [-0.3, -0.25) is 9.89 Å². The number of carboxylic acid groups (broad SMARTS) is 1. The molecule has 2 heterocycles. The van der Waals surface area contributed by atoms with Crippen molar-refractivity contribution in [3.8, 4) is 0 Å². The van der Waals surface area contributed by atoms with Gasteiger partial charge in [0.05, 0.1) is 11.6 Å². The van der Waals surface area contributed by atoms with E-state index in [1.807, 2.05) is 0 Å². The Morgan fingerprint density at radius 3 is 2.79 bits per heavy atom. The topological polar surface area (TPSA) is 118 Å². The summed E-state index contributed by atoms with van der Waals surface area (Å²) in [5.41, 5.74) is 6.16. The van der Waals surface area contributed by atoms with E-state index < -0.39 is 5.97 Å². The molecule has 0 aliphatic carbocycles. The molecule has 0 bridgehead atoms. The van der Waals surface area contributed by atoms with Gasteiger partial charge in [-0.1, -0.05) is 0 Å². The third-order valence-electron chi connectivity index (χ3n) is 1.28. The van der Waals surface area contributed by atoms with E-state index in [4.69, 9.17) is 15.6 Å². The smallest absolute Gasteiger partial charge is 0.300 e. The van der Waals surface area contributed by atoms with Gasteiger partial charge in [-0.15, -0.1) is 0 Å². The van der Waals surface area contributed by atoms with E-state index >= 15 is 0 Å². The Kier molecular flexibility index (Phi) is 2.95. The number of carbonyl (C=O) groups is 1. The number of nitrogens with one attached hydrogen (secondary N) is 1. The van der Waals surface area contributed by atoms with E-state index in [0.29, 0.717) is 11.5 Å². The van der Waals surface area contributed by atoms with Crippen LogP contribution in [0.1, 0.15) is 6.92 Å². The molecule has 2 rings (SSSR count). The standard InChI is InChI=1S/C5H5N5.C2H4O2/c6-4-3-1-9-10-5(3)8-2-7-4;1-2(3)4/h1-2H,(H3,6,7,8,9,10);1H3,(H,3,4). The molecule has 4 N–H and O–H groups in total. The maximum atomic E-state index is 9.00. The normalized spacial score (nSPS) is 9.21. The number of nitrogen functional groups attached to an aromatic ring is 1. The summed E-state index contributed by atoms with van der Waals surface area (Å²) in [7, 11) is 0. The van der Waals surface area contributed by atoms with E-state index in [-0.39, 0.29) is 0 Å². The number of aliphatic carboxylic acids is 1. The Morgan fingerprint density at radius 2 is 2.21 bits per heavy atom. The SMILES string of the molecule is CC(=O)O.Nc1ncnc2[nH]ncc12. The van der Waals surface area contributed by atoms with Gasteiger partial charge >= 0.3 is 0 Å². The molecule has 0 amide bonds. The van der Waals surface area contributed by atoms with Gasteiger partial charge in [-0.25, -0.2) is 9.97 Å². The van der Waals surface area contributed by atoms with E-state index in [0.717, 1.165) is 12.3 Å². The predicted molar refractivity (Wildman–Crippen MR) is 49.4 cm³/mol. The zero-order valence-electron chi connectivity index (χ0n) is 7.43. The van der Waals surface area contributed by atoms with Gasteiger partial charge in [0.15, 0.2) is 5.65 Å². The Morgan fingerprint density at radius 1 is 1.57 bits per heavy atom. The molecule has 7 nitrogen and oxygen atoms in total. The molecule has 0 aliphatic heterocycles. The van der Waals surface area contributed by atoms with Crippen LogP contribution in [0.3, 0.4) is 0 Å². The Bertz CT molecular complexity index is 434. The van der Waals surface area contributed by atoms with Crippen molar-refractivity contribution in [2.75, 3.05) is 5.73 Å². The lowest BCUT2D eigenvalue weighted by molar-refractivity contribution is -0.134. The van der Waals surface area contributed by atoms with Crippen molar-refractivity contribution in [3.63, 3.8) is 0 Å². The summed E-state index contributed by atoms with van der Waals surface area (Å²) >= 11 is 0. The van der Waals surface area contributed by atoms with Crippen LogP contribution in [0.4, 0.5) is 5.82 Å². The van der Waals surface area contributed by atoms with Crippen molar-refractivity contribution in [2.45, 2.75) is 6.92 Å². The molecule has 14 heavy (non-hydrogen) atoms. The molecule has 0 aromatic carbocycles. The number of rotatable bonds is 0. The molecule has 2 aromatic rings. The highest BCUT2D eigenvalue weighted by Crippen LogP contribution is 2.11. The largest absolute Gasteiger partial charge is 0.481 e. The highest BCUT2D eigenvalue weighted by molar-refractivity contribution is 5.83. The van der Waals surface area contributed by atoms with Crippen molar-refractivity contribution < 1.29 is 9.90 Å². The Hall–Kier alpha value is -2.18. The second-order valence-corrected chi connectivity index (χ2v) is 2.41. The fourth-order valence-corrected chi connectivity index (χ4v) is 0.784. The highest BCUT2D eigenvalue weighted by atomic mass is 16.4. The average Bonchev–Trinajstić information content (AvgIpc) is 2.52. The van der Waals surface area contributed by atoms with Gasteiger partial charge in [0.25, 0.3) is 5.97 Å². The van der Waals surface area contributed by atoms with Crippen LogP contribution in [0, 0.1) is 0 Å². The van der Waals surface area contributed by atoms with Gasteiger partial charge in [0.1, 0.15) is 12.1 Å². The summed E-state index contributed by atoms with van der Waals surface area (Å²) in [5.74, 6) is -0.376. The third kappa shape index (κ3) is 2.41. The van der Waals surface area contributed by atoms with Crippen LogP contribution in [-0.4, -0.2) is 31.2 Å². The maximum absolute atomic E-state index is 9.00. The second kappa shape index (κ2) is 4.17. The summed E-state index contributed by atoms with van der Waals surface area (Å²) in [6.07, 6.45) is 3.00. The predicted octanol–water partition coefficient (Wildman–Crippen LogP) is 0.0260. The van der Waals surface area contributed by atoms with E-state index in [9.17, 15) is 0 Å². The number of nitrogens with zero attached hydrogens (tertiary/aromatic N) is 3. The first kappa shape index (κ1) is 9.90. The number of nitrogens with two attached hydrogens (primary N) is 1. The summed E-state index contributed by atoms with van der Waals surface area (Å²) in [4.78, 5) is 16.7. The minimum Gasteiger partial charge on any atom is -0.481 e. The number of carboxylic acids is 1. The first-order chi connectivity index (χ1) is 6.61. The fraction of sp³-hybridized carbons (Fsp3) is 0.143. The molecule has 0 spiro atoms. The monoisotopic (exact) mass is 195 g/mol. The van der Waals surface area contributed by atoms with Crippen LogP contribution in [0.25, 0.3) is 11.0 Å². The van der Waals surface area contributed by atoms with Gasteiger partial charge in [0, 0.05) is 6.92 Å². The quantitative estimate of drug-likeness (QED) is 0.545. The fourth-order valence-electron chi connectivity index (χ4n) is 0.784. The lowest BCUT2D eigenvalue weighted by atomic mass is 10.4. The second-order valence-electron chi connectivity index (χ2n) is 2.41. The summed E-state index contributed by atoms with van der Waals surface area (Å²) in [6.45, 7) is 1.08. The number of hydrogen-bond donors (Lipinski definition) is 3. The molecule has 7 heteroatoms. The molecule has 0 saturated carbocycles. The van der Waals surface area contributed by atoms with Crippen LogP contribution < -0.4 is 5.73 Å². The molecular formula is C7H9N5O2. The number of H-pyrrole nitrogens is 1. The third-order valence-corrected chi connectivity index (χ3v) is 1.28. The molecule has 0 atom stereocenters. The minimum atomic E-state index is -0.833. The van der Waals surface area contributed by atoms with Gasteiger partial charge < -0.3 is 10.8 Å². The van der Waals surface area contributed by atoms with Gasteiger partial charge in [-0.2, -0.15) is 5.10 Å². The number of fused-ring (bicyclic) bond motifs is 1. The summed E-state index contributed by atoms with van der Waals surface area (Å²) < 4.78 is 0. The number of anilines is 1. The average molecular weight is 195 g/mol. The molecule has 0 unspecified atom stereocenters. The van der Waals surface area contributed by atoms with Crippen molar-refractivity contribution in [3.05, 3.63) is 12.5 Å². The zero-order chi connectivity index (χ0) is 10.6. The molecule has 2 aromatic heterocycles. The molecular weight excluding hydrogens is 186 g/mol. The zero-order valence-corrected chi connectivity index (χ0v) is 7.43.